The predicted octanol–water partition coefficient (Wildman–Crippen LogP) is 3.61. The summed E-state index contributed by atoms with van der Waals surface area (Å²) < 4.78 is 8.40. The smallest absolute Gasteiger partial charge is 0.410 e. The molecular weight excluding hydrogens is 407 g/mol. The zero-order valence-corrected chi connectivity index (χ0v) is 15.8. The van der Waals surface area contributed by atoms with Crippen molar-refractivity contribution in [3.05, 3.63) is 22.0 Å². The van der Waals surface area contributed by atoms with Crippen LogP contribution >= 0.6 is 22.6 Å². The van der Waals surface area contributed by atoms with Crippen LogP contribution in [0.25, 0.3) is 11.0 Å². The number of carbonyl (C=O) groups is 1. The van der Waals surface area contributed by atoms with Crippen molar-refractivity contribution in [1.82, 2.24) is 19.7 Å². The summed E-state index contributed by atoms with van der Waals surface area (Å²) >= 11 is 2.23. The molecule has 0 N–H and O–H groups in total. The third-order valence-electron chi connectivity index (χ3n) is 3.82. The largest absolute Gasteiger partial charge is 0.444 e. The molecule has 1 fully saturated rings. The van der Waals surface area contributed by atoms with Crippen LogP contribution in [0.4, 0.5) is 4.79 Å². The minimum Gasteiger partial charge on any atom is -0.444 e. The second-order valence-corrected chi connectivity index (χ2v) is 7.85. The summed E-state index contributed by atoms with van der Waals surface area (Å²) in [5.41, 5.74) is 0.409. The van der Waals surface area contributed by atoms with E-state index in [1.54, 1.807) is 11.1 Å². The number of nitrogens with zero attached hydrogens (tertiary/aromatic N) is 4. The van der Waals surface area contributed by atoms with E-state index in [4.69, 9.17) is 4.74 Å². The molecule has 1 saturated heterocycles. The van der Waals surface area contributed by atoms with E-state index >= 15 is 0 Å². The van der Waals surface area contributed by atoms with E-state index in [1.165, 1.54) is 0 Å². The van der Waals surface area contributed by atoms with Gasteiger partial charge in [-0.05, 0) is 68.3 Å². The van der Waals surface area contributed by atoms with Crippen molar-refractivity contribution in [1.29, 1.82) is 0 Å². The third-order valence-corrected chi connectivity index (χ3v) is 4.61. The van der Waals surface area contributed by atoms with Gasteiger partial charge in [0.1, 0.15) is 9.30 Å². The third kappa shape index (κ3) is 3.59. The summed E-state index contributed by atoms with van der Waals surface area (Å²) in [6, 6.07) is 4.09. The standard InChI is InChI=1S/C16H21IN4O2/c1-16(2,3)23-15(22)20-9-5-6-11(10-20)21-14-12(13(17)19-21)7-4-8-18-14/h4,7-8,11H,5-6,9-10H2,1-3H3/t11-/m1/s1. The van der Waals surface area contributed by atoms with Crippen molar-refractivity contribution in [2.45, 2.75) is 45.3 Å². The maximum Gasteiger partial charge on any atom is 0.410 e. The first-order valence-electron chi connectivity index (χ1n) is 7.82. The Kier molecular flexibility index (Phi) is 4.48. The molecule has 7 heteroatoms. The van der Waals surface area contributed by atoms with Crippen molar-refractivity contribution in [2.75, 3.05) is 13.1 Å². The number of aromatic nitrogens is 3. The van der Waals surface area contributed by atoms with Gasteiger partial charge in [-0.3, -0.25) is 0 Å². The summed E-state index contributed by atoms with van der Waals surface area (Å²) in [6.45, 7) is 7.01. The lowest BCUT2D eigenvalue weighted by Crippen LogP contribution is -2.43. The minimum atomic E-state index is -0.473. The van der Waals surface area contributed by atoms with E-state index in [-0.39, 0.29) is 12.1 Å². The van der Waals surface area contributed by atoms with Crippen LogP contribution in [0.1, 0.15) is 39.7 Å². The van der Waals surface area contributed by atoms with Gasteiger partial charge in [-0.2, -0.15) is 5.10 Å². The number of halogens is 1. The van der Waals surface area contributed by atoms with Gasteiger partial charge in [0.15, 0.2) is 5.65 Å². The van der Waals surface area contributed by atoms with E-state index in [2.05, 4.69) is 32.7 Å². The summed E-state index contributed by atoms with van der Waals surface area (Å²) in [4.78, 5) is 18.6. The maximum atomic E-state index is 12.3. The molecule has 124 valence electrons. The van der Waals surface area contributed by atoms with Gasteiger partial charge in [0.05, 0.1) is 11.4 Å². The van der Waals surface area contributed by atoms with Gasteiger partial charge in [0, 0.05) is 19.3 Å². The molecule has 0 aliphatic carbocycles. The highest BCUT2D eigenvalue weighted by Gasteiger charge is 2.30. The molecular formula is C16H21IN4O2. The molecule has 0 aromatic carbocycles. The molecule has 6 nitrogen and oxygen atoms in total. The maximum absolute atomic E-state index is 12.3. The first kappa shape index (κ1) is 16.5. The van der Waals surface area contributed by atoms with Crippen LogP contribution in [-0.2, 0) is 4.74 Å². The van der Waals surface area contributed by atoms with Crippen LogP contribution in [-0.4, -0.2) is 44.4 Å². The SMILES string of the molecule is CC(C)(C)OC(=O)N1CCC[C@@H](n2nc(I)c3cccnc32)C1. The Morgan fingerprint density at radius 1 is 1.43 bits per heavy atom. The normalized spacial score (nSPS) is 19.1. The molecule has 0 saturated carbocycles. The van der Waals surface area contributed by atoms with Crippen molar-refractivity contribution < 1.29 is 9.53 Å². The minimum absolute atomic E-state index is 0.136. The Bertz CT molecular complexity index is 722. The Hall–Kier alpha value is -1.38. The molecule has 0 bridgehead atoms. The monoisotopic (exact) mass is 428 g/mol. The quantitative estimate of drug-likeness (QED) is 0.652. The number of hydrogen-bond donors (Lipinski definition) is 0. The number of pyridine rings is 1. The van der Waals surface area contributed by atoms with E-state index in [9.17, 15) is 4.79 Å². The van der Waals surface area contributed by atoms with Crippen molar-refractivity contribution >= 4 is 39.7 Å². The number of likely N-dealkylation sites (tertiary alicyclic amines) is 1. The highest BCUT2D eigenvalue weighted by atomic mass is 127. The topological polar surface area (TPSA) is 60.2 Å². The molecule has 1 atom stereocenters. The van der Waals surface area contributed by atoms with Crippen LogP contribution < -0.4 is 0 Å². The molecule has 0 radical (unpaired) electrons. The summed E-state index contributed by atoms with van der Waals surface area (Å²) in [5.74, 6) is 0. The lowest BCUT2D eigenvalue weighted by molar-refractivity contribution is 0.0169. The molecule has 1 aliphatic rings. The van der Waals surface area contributed by atoms with Gasteiger partial charge < -0.3 is 9.64 Å². The number of ether oxygens (including phenoxy) is 1. The number of piperidine rings is 1. The molecule has 23 heavy (non-hydrogen) atoms. The Morgan fingerprint density at radius 2 is 2.22 bits per heavy atom. The molecule has 0 unspecified atom stereocenters. The average molecular weight is 428 g/mol. The number of rotatable bonds is 1. The zero-order chi connectivity index (χ0) is 16.6. The van der Waals surface area contributed by atoms with E-state index in [0.717, 1.165) is 34.1 Å². The summed E-state index contributed by atoms with van der Waals surface area (Å²) in [6.07, 6.45) is 3.46. The second-order valence-electron chi connectivity index (χ2n) is 6.83. The molecule has 2 aromatic rings. The van der Waals surface area contributed by atoms with Gasteiger partial charge in [-0.25, -0.2) is 14.5 Å². The molecule has 3 heterocycles. The summed E-state index contributed by atoms with van der Waals surface area (Å²) in [5, 5.41) is 5.70. The molecule has 3 rings (SSSR count). The molecule has 1 aliphatic heterocycles. The average Bonchev–Trinajstić information content (AvgIpc) is 2.83. The van der Waals surface area contributed by atoms with Crippen molar-refractivity contribution in [3.8, 4) is 0 Å². The van der Waals surface area contributed by atoms with Gasteiger partial charge in [-0.15, -0.1) is 0 Å². The van der Waals surface area contributed by atoms with Crippen molar-refractivity contribution in [3.63, 3.8) is 0 Å². The lowest BCUT2D eigenvalue weighted by Gasteiger charge is -2.34. The first-order valence-corrected chi connectivity index (χ1v) is 8.90. The van der Waals surface area contributed by atoms with Crippen LogP contribution in [0.3, 0.4) is 0 Å². The molecule has 0 spiro atoms. The van der Waals surface area contributed by atoms with Crippen LogP contribution in [0.2, 0.25) is 0 Å². The number of hydrogen-bond acceptors (Lipinski definition) is 4. The van der Waals surface area contributed by atoms with E-state index < -0.39 is 5.60 Å². The van der Waals surface area contributed by atoms with Gasteiger partial charge >= 0.3 is 6.09 Å². The Balaban J connectivity index is 1.82. The van der Waals surface area contributed by atoms with Crippen LogP contribution in [0.5, 0.6) is 0 Å². The molecule has 2 aromatic heterocycles. The number of carbonyl (C=O) groups excluding carboxylic acids is 1. The van der Waals surface area contributed by atoms with Gasteiger partial charge in [-0.1, -0.05) is 0 Å². The fourth-order valence-corrected chi connectivity index (χ4v) is 3.49. The number of amides is 1. The van der Waals surface area contributed by atoms with Crippen LogP contribution in [0, 0.1) is 3.70 Å². The van der Waals surface area contributed by atoms with Crippen LogP contribution in [0.15, 0.2) is 18.3 Å². The second kappa shape index (κ2) is 6.26. The fraction of sp³-hybridized carbons (Fsp3) is 0.562. The highest BCUT2D eigenvalue weighted by molar-refractivity contribution is 14.1. The molecule has 1 amide bonds. The van der Waals surface area contributed by atoms with E-state index in [0.29, 0.717) is 6.54 Å². The fourth-order valence-electron chi connectivity index (χ4n) is 2.84. The zero-order valence-electron chi connectivity index (χ0n) is 13.6. The predicted molar refractivity (Wildman–Crippen MR) is 96.3 cm³/mol. The highest BCUT2D eigenvalue weighted by Crippen LogP contribution is 2.27. The van der Waals surface area contributed by atoms with Crippen molar-refractivity contribution in [2.24, 2.45) is 0 Å². The Labute approximate surface area is 149 Å². The van der Waals surface area contributed by atoms with Gasteiger partial charge in [0.25, 0.3) is 0 Å². The number of fused-ring (bicyclic) bond motifs is 1. The Morgan fingerprint density at radius 3 is 2.96 bits per heavy atom. The first-order chi connectivity index (χ1) is 10.8. The van der Waals surface area contributed by atoms with E-state index in [1.807, 2.05) is 37.6 Å². The van der Waals surface area contributed by atoms with Gasteiger partial charge in [0.2, 0.25) is 0 Å². The lowest BCUT2D eigenvalue weighted by atomic mass is 10.1. The summed E-state index contributed by atoms with van der Waals surface area (Å²) in [7, 11) is 0.